The highest BCUT2D eigenvalue weighted by molar-refractivity contribution is 4.97. The zero-order chi connectivity index (χ0) is 6.69. The lowest BCUT2D eigenvalue weighted by molar-refractivity contribution is 0.0348. The minimum Gasteiger partial charge on any atom is -0.365 e. The molecule has 0 fully saturated rings. The molecule has 1 heterocycles. The van der Waals surface area contributed by atoms with Crippen molar-refractivity contribution in [3.63, 3.8) is 0 Å². The van der Waals surface area contributed by atoms with Gasteiger partial charge >= 0.3 is 6.55 Å². The van der Waals surface area contributed by atoms with E-state index in [0.717, 1.165) is 4.90 Å². The van der Waals surface area contributed by atoms with Crippen molar-refractivity contribution in [2.45, 2.75) is 6.55 Å². The first-order chi connectivity index (χ1) is 4.30. The van der Waals surface area contributed by atoms with Crippen LogP contribution in [0.2, 0.25) is 0 Å². The van der Waals surface area contributed by atoms with Crippen LogP contribution in [-0.4, -0.2) is 11.4 Å². The first-order valence-corrected chi connectivity index (χ1v) is 2.46. The maximum Gasteiger partial charge on any atom is 0.318 e. The summed E-state index contributed by atoms with van der Waals surface area (Å²) >= 11 is 0. The van der Waals surface area contributed by atoms with Crippen molar-refractivity contribution in [3.8, 4) is 0 Å². The second-order valence-corrected chi connectivity index (χ2v) is 1.52. The van der Waals surface area contributed by atoms with E-state index in [4.69, 9.17) is 0 Å². The average molecular weight is 132 g/mol. The molecular formula is C5H6F2N2. The smallest absolute Gasteiger partial charge is 0.318 e. The van der Waals surface area contributed by atoms with Gasteiger partial charge in [0.25, 0.3) is 0 Å². The highest BCUT2D eigenvalue weighted by Crippen LogP contribution is 2.05. The molecule has 0 aromatic heterocycles. The number of halogens is 2. The van der Waals surface area contributed by atoms with Gasteiger partial charge in [0.15, 0.2) is 0 Å². The van der Waals surface area contributed by atoms with Crippen molar-refractivity contribution < 1.29 is 8.78 Å². The van der Waals surface area contributed by atoms with Gasteiger partial charge in [-0.25, -0.2) is 0 Å². The summed E-state index contributed by atoms with van der Waals surface area (Å²) in [6, 6.07) is 0. The van der Waals surface area contributed by atoms with Crippen molar-refractivity contribution in [3.05, 3.63) is 24.8 Å². The summed E-state index contributed by atoms with van der Waals surface area (Å²) in [5, 5.41) is 2.63. The fraction of sp³-hybridized carbons (Fsp3) is 0.200. The minimum atomic E-state index is -2.44. The molecule has 0 radical (unpaired) electrons. The van der Waals surface area contributed by atoms with Crippen LogP contribution in [0.5, 0.6) is 0 Å². The van der Waals surface area contributed by atoms with Crippen LogP contribution in [-0.2, 0) is 0 Å². The summed E-state index contributed by atoms with van der Waals surface area (Å²) in [5.41, 5.74) is 0. The lowest BCUT2D eigenvalue weighted by Gasteiger charge is -2.15. The van der Waals surface area contributed by atoms with E-state index >= 15 is 0 Å². The maximum atomic E-state index is 11.7. The van der Waals surface area contributed by atoms with E-state index in [1.807, 2.05) is 0 Å². The Hall–Kier alpha value is -1.06. The van der Waals surface area contributed by atoms with Gasteiger partial charge in [0, 0.05) is 24.8 Å². The predicted molar refractivity (Wildman–Crippen MR) is 29.3 cm³/mol. The molecule has 4 heteroatoms. The zero-order valence-electron chi connectivity index (χ0n) is 4.59. The van der Waals surface area contributed by atoms with Gasteiger partial charge in [0.2, 0.25) is 0 Å². The molecule has 1 aliphatic heterocycles. The average Bonchev–Trinajstić information content (AvgIpc) is 1.90. The lowest BCUT2D eigenvalue weighted by atomic mass is 10.6. The number of rotatable bonds is 1. The molecule has 0 saturated heterocycles. The highest BCUT2D eigenvalue weighted by Gasteiger charge is 2.08. The van der Waals surface area contributed by atoms with Gasteiger partial charge in [-0.2, -0.15) is 8.78 Å². The number of hydrogen-bond donors (Lipinski definition) is 1. The van der Waals surface area contributed by atoms with Crippen LogP contribution in [0.4, 0.5) is 8.78 Å². The molecule has 0 spiro atoms. The Balaban J connectivity index is 2.49. The quantitative estimate of drug-likeness (QED) is 0.536. The fourth-order valence-corrected chi connectivity index (χ4v) is 0.494. The molecule has 50 valence electrons. The molecule has 0 saturated carbocycles. The molecular weight excluding hydrogens is 126 g/mol. The van der Waals surface area contributed by atoms with Gasteiger partial charge in [0.1, 0.15) is 0 Å². The predicted octanol–water partition coefficient (Wildman–Crippen LogP) is 1.06. The molecule has 1 aliphatic rings. The first kappa shape index (κ1) is 6.07. The number of alkyl halides is 2. The summed E-state index contributed by atoms with van der Waals surface area (Å²) < 4.78 is 23.4. The minimum absolute atomic E-state index is 0.802. The highest BCUT2D eigenvalue weighted by atomic mass is 19.3. The van der Waals surface area contributed by atoms with Crippen LogP contribution in [0.1, 0.15) is 0 Å². The molecule has 0 aromatic carbocycles. The maximum absolute atomic E-state index is 11.7. The molecule has 0 amide bonds. The topological polar surface area (TPSA) is 15.3 Å². The summed E-state index contributed by atoms with van der Waals surface area (Å²) in [7, 11) is 0. The summed E-state index contributed by atoms with van der Waals surface area (Å²) in [5.74, 6) is 0. The summed E-state index contributed by atoms with van der Waals surface area (Å²) in [4.78, 5) is 0.802. The van der Waals surface area contributed by atoms with Crippen molar-refractivity contribution in [1.82, 2.24) is 10.2 Å². The third-order valence-corrected chi connectivity index (χ3v) is 0.911. The van der Waals surface area contributed by atoms with Crippen LogP contribution in [0, 0.1) is 0 Å². The van der Waals surface area contributed by atoms with E-state index in [-0.39, 0.29) is 0 Å². The Morgan fingerprint density at radius 2 is 1.78 bits per heavy atom. The standard InChI is InChI=1S/C5H6F2N2/c6-5(7)9-3-1-8-2-4-9/h1-5,8H. The molecule has 1 rings (SSSR count). The largest absolute Gasteiger partial charge is 0.365 e. The normalized spacial score (nSPS) is 16.6. The summed E-state index contributed by atoms with van der Waals surface area (Å²) in [6.07, 6.45) is 5.41. The van der Waals surface area contributed by atoms with Crippen molar-refractivity contribution in [1.29, 1.82) is 0 Å². The molecule has 0 aliphatic carbocycles. The number of hydrogen-bond acceptors (Lipinski definition) is 2. The van der Waals surface area contributed by atoms with E-state index in [1.165, 1.54) is 24.8 Å². The van der Waals surface area contributed by atoms with Crippen LogP contribution >= 0.6 is 0 Å². The summed E-state index contributed by atoms with van der Waals surface area (Å²) in [6.45, 7) is -2.44. The van der Waals surface area contributed by atoms with Gasteiger partial charge in [0.05, 0.1) is 0 Å². The van der Waals surface area contributed by atoms with E-state index in [9.17, 15) is 8.78 Å². The lowest BCUT2D eigenvalue weighted by Crippen LogP contribution is -2.20. The Morgan fingerprint density at radius 3 is 2.11 bits per heavy atom. The Bertz CT molecular complexity index is 130. The van der Waals surface area contributed by atoms with Crippen LogP contribution in [0.25, 0.3) is 0 Å². The molecule has 0 aromatic rings. The van der Waals surface area contributed by atoms with E-state index in [2.05, 4.69) is 5.32 Å². The van der Waals surface area contributed by atoms with Gasteiger partial charge in [-0.3, -0.25) is 4.90 Å². The molecule has 0 bridgehead atoms. The Morgan fingerprint density at radius 1 is 1.22 bits per heavy atom. The third kappa shape index (κ3) is 1.42. The number of nitrogens with zero attached hydrogens (tertiary/aromatic N) is 1. The van der Waals surface area contributed by atoms with E-state index in [0.29, 0.717) is 0 Å². The van der Waals surface area contributed by atoms with Gasteiger partial charge in [-0.05, 0) is 0 Å². The Kier molecular flexibility index (Phi) is 1.67. The van der Waals surface area contributed by atoms with Gasteiger partial charge in [-0.15, -0.1) is 0 Å². The molecule has 0 unspecified atom stereocenters. The molecule has 2 nitrogen and oxygen atoms in total. The second-order valence-electron chi connectivity index (χ2n) is 1.52. The molecule has 1 N–H and O–H groups in total. The second kappa shape index (κ2) is 2.48. The Labute approximate surface area is 51.5 Å². The van der Waals surface area contributed by atoms with E-state index in [1.54, 1.807) is 0 Å². The van der Waals surface area contributed by atoms with Crippen molar-refractivity contribution in [2.75, 3.05) is 0 Å². The SMILES string of the molecule is FC(F)N1C=CNC=C1. The third-order valence-electron chi connectivity index (χ3n) is 0.911. The van der Waals surface area contributed by atoms with Gasteiger partial charge in [-0.1, -0.05) is 0 Å². The van der Waals surface area contributed by atoms with Crippen LogP contribution in [0.15, 0.2) is 24.8 Å². The van der Waals surface area contributed by atoms with Gasteiger partial charge < -0.3 is 5.32 Å². The zero-order valence-corrected chi connectivity index (χ0v) is 4.59. The van der Waals surface area contributed by atoms with Crippen molar-refractivity contribution >= 4 is 0 Å². The first-order valence-electron chi connectivity index (χ1n) is 2.46. The van der Waals surface area contributed by atoms with Crippen LogP contribution in [0.3, 0.4) is 0 Å². The van der Waals surface area contributed by atoms with Crippen molar-refractivity contribution in [2.24, 2.45) is 0 Å². The number of nitrogens with one attached hydrogen (secondary N) is 1. The van der Waals surface area contributed by atoms with Crippen LogP contribution < -0.4 is 5.32 Å². The van der Waals surface area contributed by atoms with E-state index < -0.39 is 6.55 Å². The monoisotopic (exact) mass is 132 g/mol. The molecule has 0 atom stereocenters. The molecule has 9 heavy (non-hydrogen) atoms. The fourth-order valence-electron chi connectivity index (χ4n) is 0.494.